The number of hydrogen-bond acceptors (Lipinski definition) is 0. The van der Waals surface area contributed by atoms with Crippen LogP contribution in [-0.4, -0.2) is 26.3 Å². The van der Waals surface area contributed by atoms with E-state index in [-0.39, 0.29) is 18.2 Å². The van der Waals surface area contributed by atoms with Gasteiger partial charge in [0.1, 0.15) is 0 Å². The van der Waals surface area contributed by atoms with E-state index in [1.54, 1.807) is 0 Å². The molecular weight excluding hydrogens is 204 g/mol. The summed E-state index contributed by atoms with van der Waals surface area (Å²) in [5.74, 6) is 0. The van der Waals surface area contributed by atoms with Crippen molar-refractivity contribution in [2.24, 2.45) is 0 Å². The number of rotatable bonds is 4. The molecule has 0 fully saturated rings. The molecule has 0 aliphatic rings. The minimum atomic E-state index is -0.693. The van der Waals surface area contributed by atoms with Gasteiger partial charge in [-0.15, -0.1) is 4.55 Å². The Kier molecular flexibility index (Phi) is 6.00. The van der Waals surface area contributed by atoms with Crippen molar-refractivity contribution in [1.82, 2.24) is 0 Å². The molecule has 0 amide bonds. The van der Waals surface area contributed by atoms with Crippen LogP contribution in [0.5, 0.6) is 0 Å². The molecule has 0 saturated carbocycles. The summed E-state index contributed by atoms with van der Waals surface area (Å²) in [6, 6.07) is 1.52. The molecular formula is C6H15BrMgSi. The molecule has 52 valence electrons. The van der Waals surface area contributed by atoms with Crippen molar-refractivity contribution < 1.29 is 0 Å². The van der Waals surface area contributed by atoms with Gasteiger partial charge in [-0.2, -0.15) is 0 Å². The van der Waals surface area contributed by atoms with Crippen molar-refractivity contribution in [3.05, 3.63) is 0 Å². The lowest BCUT2D eigenvalue weighted by Gasteiger charge is -2.14. The van der Waals surface area contributed by atoms with E-state index in [4.69, 9.17) is 0 Å². The van der Waals surface area contributed by atoms with Gasteiger partial charge in [0, 0.05) is 8.07 Å². The molecule has 3 heteroatoms. The van der Waals surface area contributed by atoms with Gasteiger partial charge in [-0.3, -0.25) is 0 Å². The van der Waals surface area contributed by atoms with E-state index in [9.17, 15) is 0 Å². The van der Waals surface area contributed by atoms with Gasteiger partial charge < -0.3 is 12.9 Å². The molecule has 0 bridgehead atoms. The first kappa shape index (κ1) is 10.5. The Labute approximate surface area is 75.4 Å². The molecule has 0 aliphatic heterocycles. The Bertz CT molecular complexity index is 69.9. The van der Waals surface area contributed by atoms with Crippen LogP contribution in [0, 0.1) is 0 Å². The van der Waals surface area contributed by atoms with E-state index in [0.29, 0.717) is 0 Å². The first-order valence-corrected chi connectivity index (χ1v) is 12.2. The van der Waals surface area contributed by atoms with Gasteiger partial charge in [-0.25, -0.2) is 0 Å². The van der Waals surface area contributed by atoms with Gasteiger partial charge in [-0.05, 0) is 0 Å². The number of halogens is 1. The van der Waals surface area contributed by atoms with Crippen molar-refractivity contribution in [2.75, 3.05) is 0 Å². The third-order valence-electron chi connectivity index (χ3n) is 1.31. The zero-order valence-electron chi connectivity index (χ0n) is 6.71. The van der Waals surface area contributed by atoms with E-state index < -0.39 is 8.07 Å². The molecule has 0 heterocycles. The molecule has 0 saturated heterocycles. The van der Waals surface area contributed by atoms with Crippen LogP contribution in [0.2, 0.25) is 30.2 Å². The largest absolute Gasteiger partial charge is 0.468 e. The Balaban J connectivity index is 3.07. The highest BCUT2D eigenvalue weighted by molar-refractivity contribution is 9.23. The summed E-state index contributed by atoms with van der Waals surface area (Å²) in [5, 5.41) is 0. The summed E-state index contributed by atoms with van der Waals surface area (Å²) in [4.78, 5) is 0. The van der Waals surface area contributed by atoms with Crippen LogP contribution in [0.15, 0.2) is 0 Å². The second kappa shape index (κ2) is 5.16. The highest BCUT2D eigenvalue weighted by Crippen LogP contribution is 2.12. The normalized spacial score (nSPS) is 11.1. The topological polar surface area (TPSA) is 0 Å². The lowest BCUT2D eigenvalue weighted by molar-refractivity contribution is 1.04. The summed E-state index contributed by atoms with van der Waals surface area (Å²) >= 11 is 3.75. The van der Waals surface area contributed by atoms with E-state index in [0.717, 1.165) is 0 Å². The van der Waals surface area contributed by atoms with Gasteiger partial charge in [0.05, 0.1) is 0 Å². The van der Waals surface area contributed by atoms with Gasteiger partial charge in [0.25, 0.3) is 0 Å². The van der Waals surface area contributed by atoms with Gasteiger partial charge >= 0.3 is 18.2 Å². The first-order chi connectivity index (χ1) is 4.06. The van der Waals surface area contributed by atoms with Crippen molar-refractivity contribution in [2.45, 2.75) is 36.7 Å². The van der Waals surface area contributed by atoms with Crippen LogP contribution in [-0.2, 0) is 0 Å². The predicted molar refractivity (Wildman–Crippen MR) is 52.3 cm³/mol. The Morgan fingerprint density at radius 2 is 1.89 bits per heavy atom. The number of hydrogen-bond donors (Lipinski definition) is 0. The molecule has 0 atom stereocenters. The smallest absolute Gasteiger partial charge is 0.307 e. The summed E-state index contributed by atoms with van der Waals surface area (Å²) in [6.45, 7) is 7.34. The molecule has 0 nitrogen and oxygen atoms in total. The fourth-order valence-electron chi connectivity index (χ4n) is 0.750. The second-order valence-electron chi connectivity index (χ2n) is 3.71. The van der Waals surface area contributed by atoms with Crippen molar-refractivity contribution in [1.29, 1.82) is 0 Å². The zero-order chi connectivity index (χ0) is 7.33. The minimum absolute atomic E-state index is 0.180. The maximum Gasteiger partial charge on any atom is 0.468 e. The Morgan fingerprint density at radius 3 is 2.22 bits per heavy atom. The van der Waals surface area contributed by atoms with Crippen molar-refractivity contribution >= 4 is 39.2 Å². The average Bonchev–Trinajstić information content (AvgIpc) is 1.63. The fourth-order valence-corrected chi connectivity index (χ4v) is 4.19. The molecule has 0 aromatic carbocycles. The maximum absolute atomic E-state index is 3.57. The Morgan fingerprint density at radius 1 is 1.33 bits per heavy atom. The minimum Gasteiger partial charge on any atom is -0.307 e. The fraction of sp³-hybridized carbons (Fsp3) is 1.00. The van der Waals surface area contributed by atoms with Crippen LogP contribution in [0.1, 0.15) is 6.42 Å². The van der Waals surface area contributed by atoms with Crippen LogP contribution < -0.4 is 0 Å². The van der Waals surface area contributed by atoms with E-state index >= 15 is 0 Å². The molecule has 0 rings (SSSR count). The lowest BCUT2D eigenvalue weighted by Crippen LogP contribution is -2.18. The molecule has 0 N–H and O–H groups in total. The summed E-state index contributed by atoms with van der Waals surface area (Å²) < 4.78 is 1.49. The highest BCUT2D eigenvalue weighted by Gasteiger charge is 2.11. The molecule has 0 aromatic rings. The second-order valence-corrected chi connectivity index (χ2v) is 12.8. The van der Waals surface area contributed by atoms with Crippen LogP contribution in [0.3, 0.4) is 0 Å². The highest BCUT2D eigenvalue weighted by atomic mass is 79.9. The molecule has 0 aliphatic carbocycles. The molecule has 9 heavy (non-hydrogen) atoms. The standard InChI is InChI=1S/C6H15Si.BrH.Mg/c1-5-6-7(2,3)4;;/h1,5-6H2,2-4H3;1H;/q;;+1/p-1. The van der Waals surface area contributed by atoms with Crippen molar-refractivity contribution in [3.8, 4) is 0 Å². The molecule has 0 unspecified atom stereocenters. The Hall–Kier alpha value is 1.46. The third-order valence-corrected chi connectivity index (χ3v) is 5.61. The van der Waals surface area contributed by atoms with Crippen LogP contribution in [0.4, 0.5) is 0 Å². The van der Waals surface area contributed by atoms with Crippen LogP contribution in [0.25, 0.3) is 0 Å². The molecule has 0 radical (unpaired) electrons. The predicted octanol–water partition coefficient (Wildman–Crippen LogP) is 3.15. The van der Waals surface area contributed by atoms with E-state index in [1.165, 1.54) is 17.0 Å². The summed E-state index contributed by atoms with van der Waals surface area (Å²) in [7, 11) is -0.693. The van der Waals surface area contributed by atoms with Gasteiger partial charge in [0.15, 0.2) is 0 Å². The third kappa shape index (κ3) is 9.46. The average molecular weight is 219 g/mol. The summed E-state index contributed by atoms with van der Waals surface area (Å²) in [5.41, 5.74) is 0. The lowest BCUT2D eigenvalue weighted by atomic mass is 10.6. The van der Waals surface area contributed by atoms with Gasteiger partial charge in [-0.1, -0.05) is 32.1 Å². The van der Waals surface area contributed by atoms with Crippen molar-refractivity contribution in [3.63, 3.8) is 0 Å². The summed E-state index contributed by atoms with van der Waals surface area (Å²) in [6.07, 6.45) is 1.48. The quantitative estimate of drug-likeness (QED) is 0.503. The first-order valence-electron chi connectivity index (χ1n) is 3.62. The van der Waals surface area contributed by atoms with Gasteiger partial charge in [0.2, 0.25) is 0 Å². The SMILES string of the molecule is C[Si](C)(C)CC[CH2][Mg][Br]. The van der Waals surface area contributed by atoms with E-state index in [1.807, 2.05) is 0 Å². The molecule has 0 aromatic heterocycles. The maximum atomic E-state index is 3.57. The monoisotopic (exact) mass is 218 g/mol. The van der Waals surface area contributed by atoms with E-state index in [2.05, 4.69) is 32.5 Å². The molecule has 0 spiro atoms. The van der Waals surface area contributed by atoms with Crippen LogP contribution >= 0.6 is 12.9 Å². The zero-order valence-corrected chi connectivity index (χ0v) is 10.7.